The molecule has 0 unspecified atom stereocenters. The highest BCUT2D eigenvalue weighted by Crippen LogP contribution is 2.49. The number of imidazole rings is 1. The normalized spacial score (nSPS) is 22.6. The Hall–Kier alpha value is -3.54. The molecule has 6 heteroatoms. The van der Waals surface area contributed by atoms with Crippen LogP contribution in [0.5, 0.6) is 0 Å². The van der Waals surface area contributed by atoms with E-state index < -0.39 is 5.60 Å². The summed E-state index contributed by atoms with van der Waals surface area (Å²) in [5.41, 5.74) is 4.63. The van der Waals surface area contributed by atoms with Crippen LogP contribution in [0.1, 0.15) is 53.3 Å². The fraction of sp³-hybridized carbons (Fsp3) is 0.240. The second kappa shape index (κ2) is 6.74. The van der Waals surface area contributed by atoms with Gasteiger partial charge in [0.15, 0.2) is 0 Å². The Bertz CT molecular complexity index is 1320. The van der Waals surface area contributed by atoms with Crippen molar-refractivity contribution in [1.29, 1.82) is 0 Å². The quantitative estimate of drug-likeness (QED) is 0.442. The first kappa shape index (κ1) is 18.2. The first-order valence-electron chi connectivity index (χ1n) is 10.5. The Labute approximate surface area is 178 Å². The lowest BCUT2D eigenvalue weighted by atomic mass is 9.75. The van der Waals surface area contributed by atoms with Crippen molar-refractivity contribution in [2.24, 2.45) is 0 Å². The molecule has 6 rings (SSSR count). The summed E-state index contributed by atoms with van der Waals surface area (Å²) in [4.78, 5) is 24.8. The molecule has 1 fully saturated rings. The van der Waals surface area contributed by atoms with Gasteiger partial charge < -0.3 is 9.72 Å². The van der Waals surface area contributed by atoms with E-state index >= 15 is 0 Å². The first-order valence-corrected chi connectivity index (χ1v) is 10.5. The minimum atomic E-state index is -0.548. The van der Waals surface area contributed by atoms with Gasteiger partial charge in [0.05, 0.1) is 16.6 Å². The molecule has 0 atom stereocenters. The van der Waals surface area contributed by atoms with E-state index in [1.165, 1.54) is 12.1 Å². The summed E-state index contributed by atoms with van der Waals surface area (Å²) < 4.78 is 19.4. The number of carbonyl (C=O) groups is 1. The molecule has 0 saturated heterocycles. The molecule has 1 saturated carbocycles. The number of nitrogens with one attached hydrogen (secondary N) is 1. The number of hydrogen-bond donors (Lipinski definition) is 1. The van der Waals surface area contributed by atoms with Gasteiger partial charge in [0.25, 0.3) is 0 Å². The van der Waals surface area contributed by atoms with Gasteiger partial charge in [-0.05, 0) is 67.1 Å². The van der Waals surface area contributed by atoms with Crippen molar-refractivity contribution in [1.82, 2.24) is 15.0 Å². The molecule has 2 aromatic carbocycles. The number of halogens is 1. The number of aromatic amines is 1. The topological polar surface area (TPSA) is 67.9 Å². The number of aromatic nitrogens is 3. The largest absolute Gasteiger partial charge is 0.450 e. The van der Waals surface area contributed by atoms with Crippen molar-refractivity contribution in [2.45, 2.75) is 37.2 Å². The van der Waals surface area contributed by atoms with Gasteiger partial charge >= 0.3 is 5.97 Å². The molecule has 1 N–H and O–H groups in total. The molecule has 154 valence electrons. The zero-order valence-electron chi connectivity index (χ0n) is 16.8. The Morgan fingerprint density at radius 3 is 2.74 bits per heavy atom. The molecular formula is C25H20FN3O2. The molecule has 4 aromatic rings. The minimum Gasteiger partial charge on any atom is -0.450 e. The number of fused-ring (bicyclic) bond motifs is 3. The van der Waals surface area contributed by atoms with Gasteiger partial charge in [0, 0.05) is 23.9 Å². The minimum absolute atomic E-state index is 0.246. The molecule has 31 heavy (non-hydrogen) atoms. The van der Waals surface area contributed by atoms with E-state index in [0.717, 1.165) is 59.2 Å². The van der Waals surface area contributed by atoms with E-state index in [1.54, 1.807) is 24.5 Å². The Balaban J connectivity index is 1.26. The SMILES string of the molecule is O=C1OC2(CCC(c3nc4cc(-c5cccc(F)c5)ccc4[nH]3)CC2)c2cnccc21. The van der Waals surface area contributed by atoms with Crippen LogP contribution in [0.25, 0.3) is 22.2 Å². The van der Waals surface area contributed by atoms with Crippen LogP contribution in [0.2, 0.25) is 0 Å². The van der Waals surface area contributed by atoms with Crippen LogP contribution in [0.15, 0.2) is 60.9 Å². The van der Waals surface area contributed by atoms with E-state index in [1.807, 2.05) is 24.3 Å². The monoisotopic (exact) mass is 413 g/mol. The summed E-state index contributed by atoms with van der Waals surface area (Å²) in [6, 6.07) is 14.3. The molecule has 0 amide bonds. The lowest BCUT2D eigenvalue weighted by Crippen LogP contribution is -2.31. The number of H-pyrrole nitrogens is 1. The Kier molecular flexibility index (Phi) is 3.96. The lowest BCUT2D eigenvalue weighted by molar-refractivity contribution is -0.0313. The third-order valence-corrected chi connectivity index (χ3v) is 6.66. The van der Waals surface area contributed by atoms with Gasteiger partial charge in [-0.1, -0.05) is 18.2 Å². The number of pyridine rings is 1. The molecule has 2 aliphatic rings. The molecule has 0 bridgehead atoms. The van der Waals surface area contributed by atoms with Crippen LogP contribution in [-0.4, -0.2) is 20.9 Å². The molecule has 3 heterocycles. The second-order valence-electron chi connectivity index (χ2n) is 8.44. The number of nitrogens with zero attached hydrogens (tertiary/aromatic N) is 2. The zero-order valence-corrected chi connectivity index (χ0v) is 16.8. The highest BCUT2D eigenvalue weighted by molar-refractivity contribution is 5.94. The van der Waals surface area contributed by atoms with Gasteiger partial charge in [0.1, 0.15) is 17.2 Å². The van der Waals surface area contributed by atoms with Crippen LogP contribution in [-0.2, 0) is 10.3 Å². The van der Waals surface area contributed by atoms with Crippen LogP contribution >= 0.6 is 0 Å². The fourth-order valence-electron chi connectivity index (χ4n) is 5.02. The summed E-state index contributed by atoms with van der Waals surface area (Å²) in [7, 11) is 0. The van der Waals surface area contributed by atoms with Crippen LogP contribution in [0.4, 0.5) is 4.39 Å². The number of ether oxygens (including phenoxy) is 1. The van der Waals surface area contributed by atoms with E-state index in [9.17, 15) is 9.18 Å². The number of benzene rings is 2. The van der Waals surface area contributed by atoms with Crippen molar-refractivity contribution < 1.29 is 13.9 Å². The standard InChI is InChI=1S/C25H20FN3O2/c26-18-3-1-2-16(12-18)17-4-5-21-22(13-17)29-23(28-21)15-6-9-25(10-7-15)20-14-27-11-8-19(20)24(30)31-25/h1-5,8,11-15H,6-7,9-10H2,(H,28,29). The highest BCUT2D eigenvalue weighted by atomic mass is 19.1. The summed E-state index contributed by atoms with van der Waals surface area (Å²) in [6.45, 7) is 0. The molecule has 2 aromatic heterocycles. The van der Waals surface area contributed by atoms with Gasteiger partial charge in [0.2, 0.25) is 0 Å². The number of esters is 1. The van der Waals surface area contributed by atoms with Crippen molar-refractivity contribution in [3.05, 3.63) is 83.7 Å². The number of hydrogen-bond acceptors (Lipinski definition) is 4. The predicted molar refractivity (Wildman–Crippen MR) is 114 cm³/mol. The van der Waals surface area contributed by atoms with Crippen LogP contribution in [0.3, 0.4) is 0 Å². The third-order valence-electron chi connectivity index (χ3n) is 6.66. The average Bonchev–Trinajstić information content (AvgIpc) is 3.33. The fourth-order valence-corrected chi connectivity index (χ4v) is 5.02. The summed E-state index contributed by atoms with van der Waals surface area (Å²) in [5.74, 6) is 0.734. The Morgan fingerprint density at radius 2 is 1.90 bits per heavy atom. The second-order valence-corrected chi connectivity index (χ2v) is 8.44. The molecule has 1 spiro atoms. The maximum Gasteiger partial charge on any atom is 0.339 e. The Morgan fingerprint density at radius 1 is 1.06 bits per heavy atom. The third kappa shape index (κ3) is 2.93. The summed E-state index contributed by atoms with van der Waals surface area (Å²) >= 11 is 0. The smallest absolute Gasteiger partial charge is 0.339 e. The van der Waals surface area contributed by atoms with E-state index in [0.29, 0.717) is 5.56 Å². The van der Waals surface area contributed by atoms with Crippen molar-refractivity contribution in [3.63, 3.8) is 0 Å². The lowest BCUT2D eigenvalue weighted by Gasteiger charge is -2.35. The number of carbonyl (C=O) groups excluding carboxylic acids is 1. The predicted octanol–water partition coefficient (Wildman–Crippen LogP) is 5.49. The summed E-state index contributed by atoms with van der Waals surface area (Å²) in [5, 5.41) is 0. The molecule has 1 aliphatic heterocycles. The van der Waals surface area contributed by atoms with Gasteiger partial charge in [-0.15, -0.1) is 0 Å². The van der Waals surface area contributed by atoms with Crippen molar-refractivity contribution in [2.75, 3.05) is 0 Å². The molecular weight excluding hydrogens is 393 g/mol. The highest BCUT2D eigenvalue weighted by Gasteiger charge is 2.48. The maximum atomic E-state index is 13.6. The molecule has 1 aliphatic carbocycles. The summed E-state index contributed by atoms with van der Waals surface area (Å²) in [6.07, 6.45) is 6.67. The van der Waals surface area contributed by atoms with Crippen LogP contribution < -0.4 is 0 Å². The van der Waals surface area contributed by atoms with Gasteiger partial charge in [-0.3, -0.25) is 4.98 Å². The van der Waals surface area contributed by atoms with E-state index in [2.05, 4.69) is 9.97 Å². The average molecular weight is 413 g/mol. The first-order chi connectivity index (χ1) is 15.1. The maximum absolute atomic E-state index is 13.6. The zero-order chi connectivity index (χ0) is 21.0. The van der Waals surface area contributed by atoms with E-state index in [-0.39, 0.29) is 17.7 Å². The van der Waals surface area contributed by atoms with Crippen LogP contribution in [0, 0.1) is 5.82 Å². The van der Waals surface area contributed by atoms with Gasteiger partial charge in [-0.25, -0.2) is 14.2 Å². The molecule has 5 nitrogen and oxygen atoms in total. The molecule has 0 radical (unpaired) electrons. The van der Waals surface area contributed by atoms with Crippen molar-refractivity contribution in [3.8, 4) is 11.1 Å². The van der Waals surface area contributed by atoms with Crippen molar-refractivity contribution >= 4 is 17.0 Å². The number of rotatable bonds is 2. The van der Waals surface area contributed by atoms with E-state index in [4.69, 9.17) is 9.72 Å². The van der Waals surface area contributed by atoms with Gasteiger partial charge in [-0.2, -0.15) is 0 Å².